The van der Waals surface area contributed by atoms with E-state index in [1.54, 1.807) is 0 Å². The lowest BCUT2D eigenvalue weighted by molar-refractivity contribution is 0.112. The van der Waals surface area contributed by atoms with Gasteiger partial charge in [-0.2, -0.15) is 0 Å². The van der Waals surface area contributed by atoms with Gasteiger partial charge >= 0.3 is 0 Å². The molecule has 1 heterocycles. The van der Waals surface area contributed by atoms with E-state index in [9.17, 15) is 4.79 Å². The first-order chi connectivity index (χ1) is 5.65. The summed E-state index contributed by atoms with van der Waals surface area (Å²) in [6.45, 7) is 2.00. The Morgan fingerprint density at radius 3 is 2.83 bits per heavy atom. The molecule has 1 aromatic rings. The normalized spacial score (nSPS) is 19.2. The van der Waals surface area contributed by atoms with Gasteiger partial charge < -0.3 is 0 Å². The average Bonchev–Trinajstić information content (AvgIpc) is 2.64. The molecule has 2 rings (SSSR count). The highest BCUT2D eigenvalue weighted by molar-refractivity contribution is 7.13. The van der Waals surface area contributed by atoms with E-state index in [0.717, 1.165) is 29.6 Å². The maximum atomic E-state index is 10.7. The summed E-state index contributed by atoms with van der Waals surface area (Å²) in [6.07, 6.45) is 2.92. The van der Waals surface area contributed by atoms with Crippen LogP contribution >= 0.6 is 22.9 Å². The van der Waals surface area contributed by atoms with Gasteiger partial charge in [-0.3, -0.25) is 4.79 Å². The first-order valence-electron chi connectivity index (χ1n) is 3.91. The average molecular weight is 201 g/mol. The van der Waals surface area contributed by atoms with Crippen LogP contribution in [0.2, 0.25) is 0 Å². The second-order valence-electron chi connectivity index (χ2n) is 3.22. The molecular weight excluding hydrogens is 192 g/mol. The van der Waals surface area contributed by atoms with E-state index in [4.69, 9.17) is 11.6 Å². The molecule has 0 N–H and O–H groups in total. The van der Waals surface area contributed by atoms with Gasteiger partial charge in [-0.15, -0.1) is 22.9 Å². The Morgan fingerprint density at radius 1 is 1.67 bits per heavy atom. The van der Waals surface area contributed by atoms with Gasteiger partial charge in [0, 0.05) is 4.88 Å². The Labute approximate surface area is 80.4 Å². The summed E-state index contributed by atoms with van der Waals surface area (Å²) in [6, 6.07) is 2.04. The second kappa shape index (κ2) is 2.57. The van der Waals surface area contributed by atoms with Crippen molar-refractivity contribution in [1.29, 1.82) is 0 Å². The fourth-order valence-electron chi connectivity index (χ4n) is 1.35. The Kier molecular flexibility index (Phi) is 1.77. The molecule has 0 spiro atoms. The lowest BCUT2D eigenvalue weighted by Gasteiger charge is -2.02. The fourth-order valence-corrected chi connectivity index (χ4v) is 2.59. The Morgan fingerprint density at radius 2 is 2.33 bits per heavy atom. The molecule has 0 aliphatic heterocycles. The van der Waals surface area contributed by atoms with Crippen LogP contribution < -0.4 is 0 Å². The van der Waals surface area contributed by atoms with Crippen LogP contribution in [0.25, 0.3) is 0 Å². The topological polar surface area (TPSA) is 17.1 Å². The van der Waals surface area contributed by atoms with Crippen molar-refractivity contribution in [3.8, 4) is 0 Å². The van der Waals surface area contributed by atoms with Gasteiger partial charge in [0.25, 0.3) is 0 Å². The summed E-state index contributed by atoms with van der Waals surface area (Å²) in [5.41, 5.74) is 1.04. The molecule has 0 saturated heterocycles. The summed E-state index contributed by atoms with van der Waals surface area (Å²) >= 11 is 7.74. The molecule has 1 nitrogen and oxygen atoms in total. The van der Waals surface area contributed by atoms with Crippen molar-refractivity contribution in [3.63, 3.8) is 0 Å². The van der Waals surface area contributed by atoms with Crippen molar-refractivity contribution in [1.82, 2.24) is 0 Å². The predicted octanol–water partition coefficient (Wildman–Crippen LogP) is 3.10. The third kappa shape index (κ3) is 1.19. The predicted molar refractivity (Wildman–Crippen MR) is 51.2 cm³/mol. The third-order valence-electron chi connectivity index (χ3n) is 2.16. The van der Waals surface area contributed by atoms with Gasteiger partial charge in [-0.1, -0.05) is 0 Å². The van der Waals surface area contributed by atoms with Gasteiger partial charge in [-0.05, 0) is 31.4 Å². The summed E-state index contributed by atoms with van der Waals surface area (Å²) in [5, 5.41) is 0. The van der Waals surface area contributed by atoms with Crippen molar-refractivity contribution in [2.75, 3.05) is 0 Å². The third-order valence-corrected chi connectivity index (χ3v) is 3.72. The Bertz CT molecular complexity index is 325. The molecule has 0 atom stereocenters. The van der Waals surface area contributed by atoms with Gasteiger partial charge in [0.15, 0.2) is 6.29 Å². The van der Waals surface area contributed by atoms with Crippen LogP contribution in [0.4, 0.5) is 0 Å². The van der Waals surface area contributed by atoms with Crippen molar-refractivity contribution in [2.24, 2.45) is 0 Å². The lowest BCUT2D eigenvalue weighted by Crippen LogP contribution is -1.96. The molecule has 0 radical (unpaired) electrons. The van der Waals surface area contributed by atoms with Gasteiger partial charge in [0.1, 0.15) is 0 Å². The van der Waals surface area contributed by atoms with Crippen molar-refractivity contribution in [3.05, 3.63) is 21.4 Å². The number of thiophene rings is 1. The molecule has 3 heteroatoms. The number of alkyl halides is 1. The molecular formula is C9H9ClOS. The highest BCUT2D eigenvalue weighted by Crippen LogP contribution is 2.54. The molecule has 1 aliphatic carbocycles. The maximum absolute atomic E-state index is 10.7. The van der Waals surface area contributed by atoms with Crippen molar-refractivity contribution >= 4 is 29.2 Å². The first-order valence-corrected chi connectivity index (χ1v) is 5.10. The zero-order valence-electron chi connectivity index (χ0n) is 6.76. The van der Waals surface area contributed by atoms with Crippen molar-refractivity contribution in [2.45, 2.75) is 24.6 Å². The summed E-state index contributed by atoms with van der Waals surface area (Å²) in [4.78, 5) is 12.4. The van der Waals surface area contributed by atoms with Gasteiger partial charge in [-0.25, -0.2) is 0 Å². The molecule has 0 bridgehead atoms. The van der Waals surface area contributed by atoms with Crippen LogP contribution in [-0.4, -0.2) is 6.29 Å². The number of aryl methyl sites for hydroxylation is 1. The molecule has 0 aromatic carbocycles. The largest absolute Gasteiger partial charge is 0.297 e. The number of halogens is 1. The number of rotatable bonds is 2. The molecule has 0 amide bonds. The van der Waals surface area contributed by atoms with E-state index in [2.05, 4.69) is 0 Å². The number of carbonyl (C=O) groups excluding carboxylic acids is 1. The Balaban J connectivity index is 2.48. The van der Waals surface area contributed by atoms with E-state index >= 15 is 0 Å². The minimum Gasteiger partial charge on any atom is -0.297 e. The number of hydrogen-bond donors (Lipinski definition) is 0. The van der Waals surface area contributed by atoms with Crippen LogP contribution in [0.15, 0.2) is 6.07 Å². The summed E-state index contributed by atoms with van der Waals surface area (Å²) < 4.78 is 0. The molecule has 1 aliphatic rings. The molecule has 1 aromatic heterocycles. The number of carbonyl (C=O) groups is 1. The quantitative estimate of drug-likeness (QED) is 0.530. The van der Waals surface area contributed by atoms with Crippen LogP contribution in [0, 0.1) is 6.92 Å². The zero-order chi connectivity index (χ0) is 8.77. The monoisotopic (exact) mass is 200 g/mol. The number of aldehydes is 1. The number of hydrogen-bond acceptors (Lipinski definition) is 2. The van der Waals surface area contributed by atoms with E-state index < -0.39 is 0 Å². The highest BCUT2D eigenvalue weighted by atomic mass is 35.5. The minimum atomic E-state index is -0.193. The zero-order valence-corrected chi connectivity index (χ0v) is 8.34. The van der Waals surface area contributed by atoms with E-state index in [1.807, 2.05) is 13.0 Å². The molecule has 12 heavy (non-hydrogen) atoms. The fraction of sp³-hybridized carbons (Fsp3) is 0.444. The summed E-state index contributed by atoms with van der Waals surface area (Å²) in [5.74, 6) is 0. The van der Waals surface area contributed by atoms with Crippen LogP contribution in [0.3, 0.4) is 0 Å². The van der Waals surface area contributed by atoms with Crippen LogP contribution in [-0.2, 0) is 4.87 Å². The summed E-state index contributed by atoms with van der Waals surface area (Å²) in [7, 11) is 0. The van der Waals surface area contributed by atoms with Crippen molar-refractivity contribution < 1.29 is 4.79 Å². The minimum absolute atomic E-state index is 0.193. The molecule has 64 valence electrons. The van der Waals surface area contributed by atoms with Gasteiger partial charge in [0.2, 0.25) is 0 Å². The standard InChI is InChI=1S/C9H9ClOS/c1-6-4-7(8(5-11)12-6)9(10)2-3-9/h4-5H,2-3H2,1H3. The molecule has 1 saturated carbocycles. The van der Waals surface area contributed by atoms with E-state index in [1.165, 1.54) is 16.2 Å². The van der Waals surface area contributed by atoms with E-state index in [0.29, 0.717) is 0 Å². The van der Waals surface area contributed by atoms with Gasteiger partial charge in [0.05, 0.1) is 9.75 Å². The lowest BCUT2D eigenvalue weighted by atomic mass is 10.1. The SMILES string of the molecule is Cc1cc(C2(Cl)CC2)c(C=O)s1. The molecule has 1 fully saturated rings. The molecule has 0 unspecified atom stereocenters. The Hall–Kier alpha value is -0.340. The van der Waals surface area contributed by atoms with Crippen LogP contribution in [0.5, 0.6) is 0 Å². The first kappa shape index (κ1) is 8.27. The highest BCUT2D eigenvalue weighted by Gasteiger charge is 2.44. The van der Waals surface area contributed by atoms with Crippen LogP contribution in [0.1, 0.15) is 33.0 Å². The smallest absolute Gasteiger partial charge is 0.160 e. The maximum Gasteiger partial charge on any atom is 0.160 e. The van der Waals surface area contributed by atoms with E-state index in [-0.39, 0.29) is 4.87 Å². The second-order valence-corrected chi connectivity index (χ2v) is 5.23.